The van der Waals surface area contributed by atoms with Gasteiger partial charge in [-0.1, -0.05) is 0 Å². The minimum absolute atomic E-state index is 0.129. The summed E-state index contributed by atoms with van der Waals surface area (Å²) in [6.45, 7) is 4.82. The fourth-order valence-corrected chi connectivity index (χ4v) is 1.51. The molecule has 0 bridgehead atoms. The van der Waals surface area contributed by atoms with Crippen molar-refractivity contribution in [2.24, 2.45) is 0 Å². The molecule has 0 saturated carbocycles. The number of carbonyl (C=O) groups is 1. The Labute approximate surface area is 96.6 Å². The summed E-state index contributed by atoms with van der Waals surface area (Å²) in [5, 5.41) is 0. The third kappa shape index (κ3) is 5.28. The molecule has 0 aliphatic carbocycles. The van der Waals surface area contributed by atoms with E-state index in [1.54, 1.807) is 13.0 Å². The number of hydrogen-bond donors (Lipinski definition) is 0. The van der Waals surface area contributed by atoms with Gasteiger partial charge in [0.2, 0.25) is 0 Å². The molecule has 0 N–H and O–H groups in total. The second kappa shape index (κ2) is 7.41. The van der Waals surface area contributed by atoms with Crippen molar-refractivity contribution >= 4 is 5.97 Å². The van der Waals surface area contributed by atoms with E-state index in [0.29, 0.717) is 6.61 Å². The minimum atomic E-state index is -0.331. The zero-order valence-electron chi connectivity index (χ0n) is 9.98. The quantitative estimate of drug-likeness (QED) is 0.533. The highest BCUT2D eigenvalue weighted by Gasteiger charge is 2.15. The molecule has 1 saturated heterocycles. The second-order valence-corrected chi connectivity index (χ2v) is 3.75. The van der Waals surface area contributed by atoms with Crippen LogP contribution in [0.15, 0.2) is 12.2 Å². The third-order valence-corrected chi connectivity index (χ3v) is 2.29. The Bertz CT molecular complexity index is 231. The maximum Gasteiger partial charge on any atom is 0.330 e. The first-order chi connectivity index (χ1) is 7.72. The lowest BCUT2D eigenvalue weighted by Crippen LogP contribution is -2.25. The van der Waals surface area contributed by atoms with E-state index in [-0.39, 0.29) is 18.4 Å². The molecule has 0 spiro atoms. The molecule has 0 radical (unpaired) electrons. The molecule has 0 aromatic heterocycles. The van der Waals surface area contributed by atoms with Gasteiger partial charge in [0.25, 0.3) is 0 Å². The third-order valence-electron chi connectivity index (χ3n) is 2.29. The number of carbonyl (C=O) groups excluding carboxylic acids is 1. The highest BCUT2D eigenvalue weighted by Crippen LogP contribution is 2.15. The summed E-state index contributed by atoms with van der Waals surface area (Å²) in [6, 6.07) is 0. The number of hydrogen-bond acceptors (Lipinski definition) is 4. The first-order valence-electron chi connectivity index (χ1n) is 5.84. The standard InChI is InChI=1S/C12H20O4/c1-3-14-11(13)8-7-10(2)16-12-6-4-5-9-15-12/h7-8,10,12H,3-6,9H2,1-2H3/b8-7+/t10-,12?/m0/s1. The molecule has 0 aromatic rings. The topological polar surface area (TPSA) is 44.8 Å². The van der Waals surface area contributed by atoms with Gasteiger partial charge in [0.05, 0.1) is 12.7 Å². The maximum absolute atomic E-state index is 11.0. The van der Waals surface area contributed by atoms with Crippen LogP contribution >= 0.6 is 0 Å². The van der Waals surface area contributed by atoms with Gasteiger partial charge in [0.15, 0.2) is 6.29 Å². The Hall–Kier alpha value is -0.870. The zero-order valence-corrected chi connectivity index (χ0v) is 9.98. The molecular weight excluding hydrogens is 208 g/mol. The Morgan fingerprint density at radius 2 is 2.38 bits per heavy atom. The molecule has 1 fully saturated rings. The Morgan fingerprint density at radius 1 is 1.56 bits per heavy atom. The van der Waals surface area contributed by atoms with Gasteiger partial charge < -0.3 is 14.2 Å². The van der Waals surface area contributed by atoms with Crippen LogP contribution in [0.4, 0.5) is 0 Å². The lowest BCUT2D eigenvalue weighted by Gasteiger charge is -2.24. The normalized spacial score (nSPS) is 23.2. The molecule has 4 nitrogen and oxygen atoms in total. The van der Waals surface area contributed by atoms with E-state index in [0.717, 1.165) is 25.9 Å². The van der Waals surface area contributed by atoms with Gasteiger partial charge in [-0.15, -0.1) is 0 Å². The first kappa shape index (κ1) is 13.2. The average molecular weight is 228 g/mol. The van der Waals surface area contributed by atoms with E-state index < -0.39 is 0 Å². The molecule has 1 heterocycles. The van der Waals surface area contributed by atoms with Crippen molar-refractivity contribution in [2.45, 2.75) is 45.5 Å². The summed E-state index contributed by atoms with van der Waals surface area (Å²) in [5.41, 5.74) is 0. The van der Waals surface area contributed by atoms with Crippen LogP contribution in [0.5, 0.6) is 0 Å². The van der Waals surface area contributed by atoms with Crippen molar-refractivity contribution in [2.75, 3.05) is 13.2 Å². The molecule has 16 heavy (non-hydrogen) atoms. The monoisotopic (exact) mass is 228 g/mol. The molecule has 1 aliphatic heterocycles. The van der Waals surface area contributed by atoms with Crippen LogP contribution < -0.4 is 0 Å². The van der Waals surface area contributed by atoms with Crippen LogP contribution in [-0.4, -0.2) is 31.6 Å². The number of rotatable bonds is 5. The van der Waals surface area contributed by atoms with Crippen LogP contribution in [0.2, 0.25) is 0 Å². The van der Waals surface area contributed by atoms with Gasteiger partial charge in [0, 0.05) is 12.7 Å². The van der Waals surface area contributed by atoms with Crippen LogP contribution in [0.1, 0.15) is 33.1 Å². The highest BCUT2D eigenvalue weighted by molar-refractivity contribution is 5.81. The van der Waals surface area contributed by atoms with Gasteiger partial charge >= 0.3 is 5.97 Å². The number of ether oxygens (including phenoxy) is 3. The van der Waals surface area contributed by atoms with E-state index in [9.17, 15) is 4.79 Å². The Morgan fingerprint density at radius 3 is 3.00 bits per heavy atom. The van der Waals surface area contributed by atoms with Crippen LogP contribution in [-0.2, 0) is 19.0 Å². The van der Waals surface area contributed by atoms with Gasteiger partial charge in [-0.2, -0.15) is 0 Å². The molecular formula is C12H20O4. The SMILES string of the molecule is CCOC(=O)/C=C/[C@H](C)OC1CCCCO1. The largest absolute Gasteiger partial charge is 0.463 e. The highest BCUT2D eigenvalue weighted by atomic mass is 16.7. The molecule has 92 valence electrons. The lowest BCUT2D eigenvalue weighted by atomic mass is 10.2. The summed E-state index contributed by atoms with van der Waals surface area (Å²) in [4.78, 5) is 11.0. The second-order valence-electron chi connectivity index (χ2n) is 3.75. The van der Waals surface area contributed by atoms with Crippen LogP contribution in [0.3, 0.4) is 0 Å². The smallest absolute Gasteiger partial charge is 0.330 e. The summed E-state index contributed by atoms with van der Waals surface area (Å²) >= 11 is 0. The van der Waals surface area contributed by atoms with Crippen molar-refractivity contribution in [1.82, 2.24) is 0 Å². The van der Waals surface area contributed by atoms with E-state index >= 15 is 0 Å². The maximum atomic E-state index is 11.0. The van der Waals surface area contributed by atoms with E-state index in [1.807, 2.05) is 6.92 Å². The Kier molecular flexibility index (Phi) is 6.11. The predicted octanol–water partition coefficient (Wildman–Crippen LogP) is 2.04. The Balaban J connectivity index is 2.23. The van der Waals surface area contributed by atoms with Crippen molar-refractivity contribution in [3.63, 3.8) is 0 Å². The van der Waals surface area contributed by atoms with Crippen molar-refractivity contribution < 1.29 is 19.0 Å². The molecule has 4 heteroatoms. The number of esters is 1. The van der Waals surface area contributed by atoms with Crippen molar-refractivity contribution in [1.29, 1.82) is 0 Å². The average Bonchev–Trinajstić information content (AvgIpc) is 2.28. The fraction of sp³-hybridized carbons (Fsp3) is 0.750. The van der Waals surface area contributed by atoms with E-state index in [1.165, 1.54) is 6.08 Å². The summed E-state index contributed by atoms with van der Waals surface area (Å²) in [5.74, 6) is -0.331. The molecule has 1 aliphatic rings. The van der Waals surface area contributed by atoms with Gasteiger partial charge in [-0.05, 0) is 39.2 Å². The van der Waals surface area contributed by atoms with Crippen LogP contribution in [0, 0.1) is 0 Å². The summed E-state index contributed by atoms with van der Waals surface area (Å²) in [7, 11) is 0. The predicted molar refractivity (Wildman–Crippen MR) is 59.9 cm³/mol. The summed E-state index contributed by atoms with van der Waals surface area (Å²) < 4.78 is 15.8. The van der Waals surface area contributed by atoms with Gasteiger partial charge in [0.1, 0.15) is 0 Å². The van der Waals surface area contributed by atoms with Crippen molar-refractivity contribution in [3.8, 4) is 0 Å². The molecule has 0 aromatic carbocycles. The molecule has 0 amide bonds. The first-order valence-corrected chi connectivity index (χ1v) is 5.84. The van der Waals surface area contributed by atoms with Crippen LogP contribution in [0.25, 0.3) is 0 Å². The summed E-state index contributed by atoms with van der Waals surface area (Å²) in [6.07, 6.45) is 6.00. The lowest BCUT2D eigenvalue weighted by molar-refractivity contribution is -0.175. The minimum Gasteiger partial charge on any atom is -0.463 e. The van der Waals surface area contributed by atoms with Gasteiger partial charge in [-0.25, -0.2) is 4.79 Å². The molecule has 1 unspecified atom stereocenters. The fourth-order valence-electron chi connectivity index (χ4n) is 1.51. The van der Waals surface area contributed by atoms with E-state index in [4.69, 9.17) is 14.2 Å². The molecule has 2 atom stereocenters. The van der Waals surface area contributed by atoms with Gasteiger partial charge in [-0.3, -0.25) is 0 Å². The van der Waals surface area contributed by atoms with E-state index in [2.05, 4.69) is 0 Å². The molecule has 1 rings (SSSR count). The zero-order chi connectivity index (χ0) is 11.8. The van der Waals surface area contributed by atoms with Crippen molar-refractivity contribution in [3.05, 3.63) is 12.2 Å².